The number of methoxy groups -OCH3 is 2. The third-order valence-corrected chi connectivity index (χ3v) is 4.59. The fourth-order valence-electron chi connectivity index (χ4n) is 1.82. The molecule has 0 aliphatic heterocycles. The van der Waals surface area contributed by atoms with Gasteiger partial charge in [0.25, 0.3) is 0 Å². The number of hydrogen-bond donors (Lipinski definition) is 0. The van der Waals surface area contributed by atoms with Gasteiger partial charge in [0, 0.05) is 19.4 Å². The predicted octanol–water partition coefficient (Wildman–Crippen LogP) is 4.53. The molecule has 2 aromatic carbocycles. The van der Waals surface area contributed by atoms with Crippen molar-refractivity contribution in [3.63, 3.8) is 0 Å². The fourth-order valence-corrected chi connectivity index (χ4v) is 3.59. The highest BCUT2D eigenvalue weighted by Crippen LogP contribution is 2.36. The Morgan fingerprint density at radius 1 is 1.10 bits per heavy atom. The third-order valence-electron chi connectivity index (χ3n) is 2.85. The highest BCUT2D eigenvalue weighted by Gasteiger charge is 2.08. The van der Waals surface area contributed by atoms with Gasteiger partial charge in [0.1, 0.15) is 11.5 Å². The van der Waals surface area contributed by atoms with Gasteiger partial charge < -0.3 is 9.47 Å². The van der Waals surface area contributed by atoms with Crippen molar-refractivity contribution in [1.29, 1.82) is 5.26 Å². The van der Waals surface area contributed by atoms with Gasteiger partial charge in [-0.2, -0.15) is 5.26 Å². The Hall–Kier alpha value is -1.39. The van der Waals surface area contributed by atoms with Crippen LogP contribution in [0.3, 0.4) is 0 Å². The van der Waals surface area contributed by atoms with Crippen LogP contribution in [0.5, 0.6) is 11.5 Å². The molecule has 0 aliphatic rings. The van der Waals surface area contributed by atoms with Crippen molar-refractivity contribution in [2.75, 3.05) is 14.2 Å². The lowest BCUT2D eigenvalue weighted by Gasteiger charge is -2.10. The van der Waals surface area contributed by atoms with Crippen molar-refractivity contribution in [2.45, 2.75) is 16.2 Å². The van der Waals surface area contributed by atoms with Gasteiger partial charge in [-0.15, -0.1) is 0 Å². The minimum Gasteiger partial charge on any atom is -0.497 e. The number of nitriles is 1. The first-order valence-corrected chi connectivity index (χ1v) is 8.12. The summed E-state index contributed by atoms with van der Waals surface area (Å²) in [6, 6.07) is 14.1. The molecule has 0 heterocycles. The van der Waals surface area contributed by atoms with E-state index in [1.54, 1.807) is 26.0 Å². The van der Waals surface area contributed by atoms with E-state index >= 15 is 0 Å². The van der Waals surface area contributed by atoms with Gasteiger partial charge in [0.2, 0.25) is 0 Å². The van der Waals surface area contributed by atoms with Crippen molar-refractivity contribution in [1.82, 2.24) is 0 Å². The average Bonchev–Trinajstić information content (AvgIpc) is 2.49. The number of nitrogens with zero attached hydrogens (tertiary/aromatic N) is 1. The van der Waals surface area contributed by atoms with Crippen molar-refractivity contribution in [3.05, 3.63) is 45.5 Å². The highest BCUT2D eigenvalue weighted by molar-refractivity contribution is 14.1. The molecule has 2 aromatic rings. The number of ether oxygens (including phenoxy) is 2. The predicted molar refractivity (Wildman–Crippen MR) is 92.1 cm³/mol. The van der Waals surface area contributed by atoms with E-state index < -0.39 is 0 Å². The van der Waals surface area contributed by atoms with E-state index in [0.29, 0.717) is 6.42 Å². The van der Waals surface area contributed by atoms with Crippen molar-refractivity contribution in [3.8, 4) is 17.6 Å². The second kappa shape index (κ2) is 7.57. The molecule has 0 N–H and O–H groups in total. The number of hydrogen-bond acceptors (Lipinski definition) is 4. The highest BCUT2D eigenvalue weighted by atomic mass is 127. The largest absolute Gasteiger partial charge is 0.497 e. The Labute approximate surface area is 142 Å². The lowest BCUT2D eigenvalue weighted by Crippen LogP contribution is -1.90. The maximum atomic E-state index is 8.94. The summed E-state index contributed by atoms with van der Waals surface area (Å²) in [5.41, 5.74) is 1.03. The first-order chi connectivity index (χ1) is 10.2. The summed E-state index contributed by atoms with van der Waals surface area (Å²) in [6.07, 6.45) is 0.403. The molecular formula is C16H14INO2S. The molecule has 0 aliphatic carbocycles. The van der Waals surface area contributed by atoms with Gasteiger partial charge in [0.05, 0.1) is 26.7 Å². The molecule has 0 bridgehead atoms. The SMILES string of the molecule is COc1cc(OC)cc(Sc2cc(I)ccc2CC#N)c1. The Balaban J connectivity index is 2.37. The molecule has 0 saturated heterocycles. The molecule has 0 radical (unpaired) electrons. The van der Waals surface area contributed by atoms with Crippen LogP contribution in [0.2, 0.25) is 0 Å². The molecule has 3 nitrogen and oxygen atoms in total. The molecule has 5 heteroatoms. The van der Waals surface area contributed by atoms with Crippen LogP contribution in [0.4, 0.5) is 0 Å². The van der Waals surface area contributed by atoms with Crippen LogP contribution < -0.4 is 9.47 Å². The molecule has 0 amide bonds. The molecule has 0 aromatic heterocycles. The lowest BCUT2D eigenvalue weighted by atomic mass is 10.2. The van der Waals surface area contributed by atoms with E-state index in [2.05, 4.69) is 34.7 Å². The van der Waals surface area contributed by atoms with Crippen LogP contribution in [-0.4, -0.2) is 14.2 Å². The van der Waals surface area contributed by atoms with Crippen LogP contribution in [0.25, 0.3) is 0 Å². The molecule has 0 spiro atoms. The summed E-state index contributed by atoms with van der Waals surface area (Å²) in [7, 11) is 3.27. The summed E-state index contributed by atoms with van der Waals surface area (Å²) < 4.78 is 11.7. The maximum absolute atomic E-state index is 8.94. The van der Waals surface area contributed by atoms with E-state index in [0.717, 1.165) is 30.4 Å². The quantitative estimate of drug-likeness (QED) is 0.679. The molecule has 2 rings (SSSR count). The first-order valence-electron chi connectivity index (χ1n) is 6.22. The monoisotopic (exact) mass is 411 g/mol. The smallest absolute Gasteiger partial charge is 0.123 e. The van der Waals surface area contributed by atoms with Crippen LogP contribution in [-0.2, 0) is 6.42 Å². The standard InChI is InChI=1S/C16H14INO2S/c1-19-13-8-14(20-2)10-15(9-13)21-16-7-12(17)4-3-11(16)5-6-18/h3-4,7-10H,5H2,1-2H3. The van der Waals surface area contributed by atoms with Gasteiger partial charge >= 0.3 is 0 Å². The van der Waals surface area contributed by atoms with E-state index in [1.165, 1.54) is 0 Å². The zero-order valence-electron chi connectivity index (χ0n) is 11.7. The lowest BCUT2D eigenvalue weighted by molar-refractivity contribution is 0.392. The van der Waals surface area contributed by atoms with E-state index in [4.69, 9.17) is 14.7 Å². The average molecular weight is 411 g/mol. The molecular weight excluding hydrogens is 397 g/mol. The minimum absolute atomic E-state index is 0.403. The zero-order chi connectivity index (χ0) is 15.2. The number of halogens is 1. The maximum Gasteiger partial charge on any atom is 0.123 e. The van der Waals surface area contributed by atoms with Gasteiger partial charge in [-0.3, -0.25) is 0 Å². The molecule has 0 atom stereocenters. The molecule has 21 heavy (non-hydrogen) atoms. The summed E-state index contributed by atoms with van der Waals surface area (Å²) in [4.78, 5) is 2.10. The summed E-state index contributed by atoms with van der Waals surface area (Å²) in [5.74, 6) is 1.51. The zero-order valence-corrected chi connectivity index (χ0v) is 14.7. The van der Waals surface area contributed by atoms with E-state index in [1.807, 2.05) is 30.3 Å². The Bertz CT molecular complexity index is 660. The van der Waals surface area contributed by atoms with E-state index in [-0.39, 0.29) is 0 Å². The normalized spacial score (nSPS) is 10.0. The fraction of sp³-hybridized carbons (Fsp3) is 0.188. The number of benzene rings is 2. The van der Waals surface area contributed by atoms with E-state index in [9.17, 15) is 0 Å². The summed E-state index contributed by atoms with van der Waals surface area (Å²) in [5, 5.41) is 8.94. The molecule has 0 unspecified atom stereocenters. The van der Waals surface area contributed by atoms with Gasteiger partial charge in [-0.1, -0.05) is 17.8 Å². The molecule has 0 saturated carbocycles. The first kappa shape index (κ1) is 16.0. The second-order valence-corrected chi connectivity index (χ2v) is 6.60. The summed E-state index contributed by atoms with van der Waals surface area (Å²) in [6.45, 7) is 0. The van der Waals surface area contributed by atoms with Crippen molar-refractivity contribution >= 4 is 34.4 Å². The molecule has 0 fully saturated rings. The second-order valence-electron chi connectivity index (χ2n) is 4.24. The minimum atomic E-state index is 0.403. The number of rotatable bonds is 5. The Kier molecular flexibility index (Phi) is 5.76. The van der Waals surface area contributed by atoms with Crippen LogP contribution in [0, 0.1) is 14.9 Å². The van der Waals surface area contributed by atoms with Gasteiger partial charge in [0.15, 0.2) is 0 Å². The van der Waals surface area contributed by atoms with Crippen LogP contribution in [0.15, 0.2) is 46.2 Å². The van der Waals surface area contributed by atoms with Gasteiger partial charge in [-0.25, -0.2) is 0 Å². The van der Waals surface area contributed by atoms with Crippen LogP contribution >= 0.6 is 34.4 Å². The van der Waals surface area contributed by atoms with Crippen molar-refractivity contribution < 1.29 is 9.47 Å². The van der Waals surface area contributed by atoms with Crippen molar-refractivity contribution in [2.24, 2.45) is 0 Å². The Morgan fingerprint density at radius 3 is 2.33 bits per heavy atom. The van der Waals surface area contributed by atoms with Gasteiger partial charge in [-0.05, 0) is 52.4 Å². The summed E-state index contributed by atoms with van der Waals surface area (Å²) >= 11 is 3.89. The third kappa shape index (κ3) is 4.29. The van der Waals surface area contributed by atoms with Crippen LogP contribution in [0.1, 0.15) is 5.56 Å². The topological polar surface area (TPSA) is 42.2 Å². The Morgan fingerprint density at radius 2 is 1.76 bits per heavy atom. The molecule has 108 valence electrons.